The molecule has 8 bridgehead atoms. The Labute approximate surface area is 247 Å². The van der Waals surface area contributed by atoms with E-state index < -0.39 is 0 Å². The maximum atomic E-state index is 4.93. The molecular formula is C40H34N2. The van der Waals surface area contributed by atoms with Gasteiger partial charge in [0.1, 0.15) is 0 Å². The van der Waals surface area contributed by atoms with E-state index in [4.69, 9.17) is 9.97 Å². The molecule has 1 heterocycles. The molecule has 8 aliphatic carbocycles. The van der Waals surface area contributed by atoms with Crippen LogP contribution in [0.3, 0.4) is 0 Å². The van der Waals surface area contributed by atoms with Crippen LogP contribution in [-0.2, 0) is 5.41 Å². The first-order valence-corrected chi connectivity index (χ1v) is 16.3. The third-order valence-corrected chi connectivity index (χ3v) is 13.3. The summed E-state index contributed by atoms with van der Waals surface area (Å²) < 4.78 is 0. The van der Waals surface area contributed by atoms with Gasteiger partial charge >= 0.3 is 0 Å². The zero-order valence-electron chi connectivity index (χ0n) is 23.8. The quantitative estimate of drug-likeness (QED) is 0.222. The molecule has 0 aliphatic heterocycles. The smallest absolute Gasteiger partial charge is 0.159 e. The van der Waals surface area contributed by atoms with Gasteiger partial charge in [-0.2, -0.15) is 0 Å². The molecule has 0 amide bonds. The van der Waals surface area contributed by atoms with Crippen LogP contribution in [0.25, 0.3) is 55.5 Å². The summed E-state index contributed by atoms with van der Waals surface area (Å²) in [5.41, 5.74) is 10.9. The number of hydrogen-bond donors (Lipinski definition) is 0. The lowest BCUT2D eigenvalue weighted by atomic mass is 9.30. The molecule has 0 N–H and O–H groups in total. The molecule has 13 rings (SSSR count). The Bertz CT molecular complexity index is 1880. The minimum absolute atomic E-state index is 0.470. The summed E-state index contributed by atoms with van der Waals surface area (Å²) in [5, 5.41) is 2.56. The van der Waals surface area contributed by atoms with Crippen molar-refractivity contribution >= 4 is 10.8 Å². The van der Waals surface area contributed by atoms with Crippen molar-refractivity contribution < 1.29 is 0 Å². The van der Waals surface area contributed by atoms with E-state index in [-0.39, 0.29) is 0 Å². The number of benzene rings is 4. The van der Waals surface area contributed by atoms with Crippen LogP contribution in [0.4, 0.5) is 0 Å². The van der Waals surface area contributed by atoms with E-state index in [1.54, 1.807) is 24.8 Å². The molecule has 4 atom stereocenters. The Hall–Kier alpha value is -3.78. The van der Waals surface area contributed by atoms with E-state index >= 15 is 0 Å². The maximum absolute atomic E-state index is 4.93. The fourth-order valence-corrected chi connectivity index (χ4v) is 12.1. The first-order chi connectivity index (χ1) is 20.8. The predicted molar refractivity (Wildman–Crippen MR) is 169 cm³/mol. The fourth-order valence-electron chi connectivity index (χ4n) is 12.1. The van der Waals surface area contributed by atoms with Crippen molar-refractivity contribution in [2.45, 2.75) is 43.9 Å². The van der Waals surface area contributed by atoms with Gasteiger partial charge in [0.05, 0.1) is 0 Å². The van der Waals surface area contributed by atoms with Crippen molar-refractivity contribution in [3.8, 4) is 44.8 Å². The molecule has 4 unspecified atom stereocenters. The summed E-state index contributed by atoms with van der Waals surface area (Å²) in [4.78, 5) is 9.86. The summed E-state index contributed by atoms with van der Waals surface area (Å²) in [6.45, 7) is 0. The average molecular weight is 543 g/mol. The lowest BCUT2D eigenvalue weighted by Crippen LogP contribution is -2.69. The van der Waals surface area contributed by atoms with Gasteiger partial charge in [-0.3, -0.25) is 0 Å². The largest absolute Gasteiger partial charge is 0.236 e. The summed E-state index contributed by atoms with van der Waals surface area (Å²) in [5.74, 6) is 7.84. The second kappa shape index (κ2) is 7.78. The molecule has 0 spiro atoms. The third kappa shape index (κ3) is 2.69. The Morgan fingerprint density at radius 2 is 1.17 bits per heavy atom. The van der Waals surface area contributed by atoms with Gasteiger partial charge in [-0.05, 0) is 130 Å². The van der Waals surface area contributed by atoms with E-state index in [0.717, 1.165) is 58.4 Å². The first kappa shape index (κ1) is 22.8. The monoisotopic (exact) mass is 542 g/mol. The predicted octanol–water partition coefficient (Wildman–Crippen LogP) is 9.57. The molecule has 7 saturated carbocycles. The Morgan fingerprint density at radius 1 is 0.524 bits per heavy atom. The molecule has 2 nitrogen and oxygen atoms in total. The zero-order chi connectivity index (χ0) is 27.2. The van der Waals surface area contributed by atoms with Crippen molar-refractivity contribution in [3.63, 3.8) is 0 Å². The number of fused-ring (bicyclic) bond motifs is 3. The van der Waals surface area contributed by atoms with Gasteiger partial charge in [-0.15, -0.1) is 0 Å². The SMILES string of the molecule is c1ccc2c(c1)-c1cccc3c(-c4ncc(-c5ccc(C67CC8CC9C%10CC(CC96)CC7C%10C8)cc5)cn4)ccc-2c13. The van der Waals surface area contributed by atoms with Gasteiger partial charge in [0.25, 0.3) is 0 Å². The van der Waals surface area contributed by atoms with Gasteiger partial charge in [0.15, 0.2) is 5.82 Å². The summed E-state index contributed by atoms with van der Waals surface area (Å²) in [6, 6.07) is 29.6. The number of nitrogens with zero attached hydrogens (tertiary/aromatic N) is 2. The third-order valence-electron chi connectivity index (χ3n) is 13.3. The van der Waals surface area contributed by atoms with Crippen molar-refractivity contribution in [3.05, 3.63) is 96.8 Å². The minimum Gasteiger partial charge on any atom is -0.236 e. The highest BCUT2D eigenvalue weighted by molar-refractivity contribution is 6.18. The normalized spacial score (nSPS) is 34.0. The highest BCUT2D eigenvalue weighted by Crippen LogP contribution is 2.76. The van der Waals surface area contributed by atoms with Gasteiger partial charge < -0.3 is 0 Å². The summed E-state index contributed by atoms with van der Waals surface area (Å²) >= 11 is 0. The van der Waals surface area contributed by atoms with Crippen LogP contribution in [0.15, 0.2) is 91.3 Å². The van der Waals surface area contributed by atoms with Gasteiger partial charge in [-0.25, -0.2) is 9.97 Å². The maximum Gasteiger partial charge on any atom is 0.159 e. The van der Waals surface area contributed by atoms with E-state index in [1.807, 2.05) is 12.4 Å². The Balaban J connectivity index is 0.941. The Morgan fingerprint density at radius 3 is 1.90 bits per heavy atom. The molecule has 42 heavy (non-hydrogen) atoms. The highest BCUT2D eigenvalue weighted by Gasteiger charge is 2.70. The summed E-state index contributed by atoms with van der Waals surface area (Å²) in [6.07, 6.45) is 13.2. The van der Waals surface area contributed by atoms with Crippen LogP contribution >= 0.6 is 0 Å². The minimum atomic E-state index is 0.470. The zero-order valence-corrected chi connectivity index (χ0v) is 23.8. The molecule has 204 valence electrons. The van der Waals surface area contributed by atoms with E-state index in [9.17, 15) is 0 Å². The molecule has 5 aromatic rings. The lowest BCUT2D eigenvalue weighted by molar-refractivity contribution is -0.220. The van der Waals surface area contributed by atoms with Gasteiger partial charge in [-0.1, -0.05) is 72.8 Å². The van der Waals surface area contributed by atoms with Crippen molar-refractivity contribution in [2.24, 2.45) is 41.4 Å². The van der Waals surface area contributed by atoms with Crippen LogP contribution in [0, 0.1) is 41.4 Å². The van der Waals surface area contributed by atoms with Crippen LogP contribution in [0.1, 0.15) is 44.1 Å². The standard InChI is InChI=1S/C40H34N2/c1-2-5-28-27(4-1)29-6-3-7-30-32(13-12-31(28)38(29)30)39-41-20-25(21-42-39)24-8-10-26(11-9-24)40-19-23-15-34-33-14-22(17-36(34)40)18-37(40)35(33)16-23/h1-13,20-23,33-37H,14-19H2. The first-order valence-electron chi connectivity index (χ1n) is 16.3. The molecule has 2 heteroatoms. The Kier molecular flexibility index (Phi) is 4.22. The molecule has 7 fully saturated rings. The highest BCUT2D eigenvalue weighted by atomic mass is 14.9. The van der Waals surface area contributed by atoms with E-state index in [2.05, 4.69) is 78.9 Å². The molecule has 8 aliphatic rings. The molecule has 0 saturated heterocycles. The fraction of sp³-hybridized carbons (Fsp3) is 0.350. The van der Waals surface area contributed by atoms with Crippen LogP contribution in [0.2, 0.25) is 0 Å². The van der Waals surface area contributed by atoms with Gasteiger partial charge in [0, 0.05) is 28.9 Å². The molecule has 4 aromatic carbocycles. The second-order valence-electron chi connectivity index (χ2n) is 14.7. The van der Waals surface area contributed by atoms with Crippen LogP contribution in [0.5, 0.6) is 0 Å². The molecule has 1 aromatic heterocycles. The van der Waals surface area contributed by atoms with Crippen molar-refractivity contribution in [2.75, 3.05) is 0 Å². The van der Waals surface area contributed by atoms with Gasteiger partial charge in [0.2, 0.25) is 0 Å². The van der Waals surface area contributed by atoms with E-state index in [0.29, 0.717) is 5.41 Å². The second-order valence-corrected chi connectivity index (χ2v) is 14.7. The van der Waals surface area contributed by atoms with Crippen LogP contribution in [-0.4, -0.2) is 9.97 Å². The van der Waals surface area contributed by atoms with Crippen molar-refractivity contribution in [1.29, 1.82) is 0 Å². The van der Waals surface area contributed by atoms with Crippen LogP contribution < -0.4 is 0 Å². The summed E-state index contributed by atoms with van der Waals surface area (Å²) in [7, 11) is 0. The average Bonchev–Trinajstić information content (AvgIpc) is 3.38. The topological polar surface area (TPSA) is 25.8 Å². The lowest BCUT2D eigenvalue weighted by Gasteiger charge is -2.74. The molecule has 0 radical (unpaired) electrons. The number of aromatic nitrogens is 2. The molecular weight excluding hydrogens is 508 g/mol. The number of hydrogen-bond acceptors (Lipinski definition) is 2. The van der Waals surface area contributed by atoms with Crippen molar-refractivity contribution in [1.82, 2.24) is 9.97 Å². The number of rotatable bonds is 3. The van der Waals surface area contributed by atoms with E-state index in [1.165, 1.54) is 57.9 Å².